The van der Waals surface area contributed by atoms with Crippen LogP contribution in [-0.4, -0.2) is 17.1 Å². The van der Waals surface area contributed by atoms with Gasteiger partial charge in [-0.15, -0.1) is 0 Å². The molecule has 1 heterocycles. The van der Waals surface area contributed by atoms with Crippen LogP contribution in [0, 0.1) is 5.82 Å². The zero-order valence-corrected chi connectivity index (χ0v) is 11.6. The highest BCUT2D eigenvalue weighted by molar-refractivity contribution is 6.09. The third-order valence-electron chi connectivity index (χ3n) is 3.43. The molecule has 0 atom stereocenters. The molecule has 3 rings (SSSR count). The van der Waals surface area contributed by atoms with Crippen LogP contribution in [0.1, 0.15) is 26.4 Å². The average molecular weight is 293 g/mol. The van der Waals surface area contributed by atoms with Crippen LogP contribution in [0.15, 0.2) is 54.6 Å². The van der Waals surface area contributed by atoms with E-state index in [0.717, 1.165) is 0 Å². The lowest BCUT2D eigenvalue weighted by molar-refractivity contribution is 0.0986. The molecule has 2 aliphatic rings. The molecule has 3 nitrogen and oxygen atoms in total. The van der Waals surface area contributed by atoms with Crippen LogP contribution in [0.3, 0.4) is 0 Å². The predicted octanol–water partition coefficient (Wildman–Crippen LogP) is 3.56. The molecule has 22 heavy (non-hydrogen) atoms. The summed E-state index contributed by atoms with van der Waals surface area (Å²) in [4.78, 5) is 28.0. The largest absolute Gasteiger partial charge is 0.296 e. The van der Waals surface area contributed by atoms with E-state index in [1.807, 2.05) is 6.07 Å². The van der Waals surface area contributed by atoms with Crippen molar-refractivity contribution in [3.8, 4) is 11.3 Å². The van der Waals surface area contributed by atoms with Gasteiger partial charge in [0.1, 0.15) is 11.5 Å². The summed E-state index contributed by atoms with van der Waals surface area (Å²) in [6, 6.07) is 14.8. The Hall–Kier alpha value is -2.88. The van der Waals surface area contributed by atoms with Crippen molar-refractivity contribution in [1.29, 1.82) is 0 Å². The fraction of sp³-hybridized carbons (Fsp3) is 0.0556. The molecular weight excluding hydrogens is 281 g/mol. The smallest absolute Gasteiger partial charge is 0.170 e. The van der Waals surface area contributed by atoms with E-state index < -0.39 is 5.82 Å². The van der Waals surface area contributed by atoms with Crippen molar-refractivity contribution in [2.75, 3.05) is 0 Å². The fourth-order valence-corrected chi connectivity index (χ4v) is 2.47. The molecule has 0 radical (unpaired) electrons. The predicted molar refractivity (Wildman–Crippen MR) is 80.7 cm³/mol. The molecular formula is C18H12FNO2. The number of hydrogen-bond acceptors (Lipinski definition) is 3. The number of aldehydes is 1. The number of carbonyl (C=O) groups excluding carboxylic acids is 2. The second-order valence-electron chi connectivity index (χ2n) is 4.93. The second kappa shape index (κ2) is 5.85. The number of ketones is 1. The van der Waals surface area contributed by atoms with Gasteiger partial charge in [0.25, 0.3) is 0 Å². The molecule has 0 saturated carbocycles. The first-order valence-electron chi connectivity index (χ1n) is 6.80. The molecule has 0 N–H and O–H groups in total. The van der Waals surface area contributed by atoms with E-state index in [4.69, 9.17) is 0 Å². The highest BCUT2D eigenvalue weighted by Gasteiger charge is 2.22. The third-order valence-corrected chi connectivity index (χ3v) is 3.43. The maximum Gasteiger partial charge on any atom is 0.170 e. The molecule has 108 valence electrons. The Kier molecular flexibility index (Phi) is 3.74. The fourth-order valence-electron chi connectivity index (χ4n) is 2.47. The summed E-state index contributed by atoms with van der Waals surface area (Å²) in [7, 11) is 0. The normalized spacial score (nSPS) is 10.6. The van der Waals surface area contributed by atoms with Gasteiger partial charge in [0, 0.05) is 12.0 Å². The number of carbonyl (C=O) groups is 2. The van der Waals surface area contributed by atoms with Gasteiger partial charge in [0.2, 0.25) is 0 Å². The summed E-state index contributed by atoms with van der Waals surface area (Å²) >= 11 is 0. The van der Waals surface area contributed by atoms with Crippen LogP contribution in [0.4, 0.5) is 4.39 Å². The third kappa shape index (κ3) is 2.63. The maximum absolute atomic E-state index is 13.2. The Morgan fingerprint density at radius 2 is 1.91 bits per heavy atom. The summed E-state index contributed by atoms with van der Waals surface area (Å²) in [5, 5.41) is 0. The lowest BCUT2D eigenvalue weighted by Gasteiger charge is -2.02. The Bertz CT molecular complexity index is 829. The Morgan fingerprint density at radius 1 is 1.09 bits per heavy atom. The molecule has 0 bridgehead atoms. The summed E-state index contributed by atoms with van der Waals surface area (Å²) in [5.41, 5.74) is 2.22. The molecule has 1 aliphatic carbocycles. The van der Waals surface area contributed by atoms with Crippen molar-refractivity contribution in [1.82, 2.24) is 4.98 Å². The van der Waals surface area contributed by atoms with Gasteiger partial charge in [0.05, 0.1) is 11.3 Å². The van der Waals surface area contributed by atoms with Crippen molar-refractivity contribution in [2.24, 2.45) is 0 Å². The average Bonchev–Trinajstić information content (AvgIpc) is 2.69. The van der Waals surface area contributed by atoms with Gasteiger partial charge in [-0.1, -0.05) is 36.4 Å². The number of fused-ring (bicyclic) bond motifs is 1. The maximum atomic E-state index is 13.2. The van der Waals surface area contributed by atoms with Gasteiger partial charge >= 0.3 is 0 Å². The van der Waals surface area contributed by atoms with Crippen molar-refractivity contribution >= 4 is 12.1 Å². The van der Waals surface area contributed by atoms with E-state index in [1.54, 1.807) is 36.4 Å². The van der Waals surface area contributed by atoms with Gasteiger partial charge in [-0.2, -0.15) is 0 Å². The van der Waals surface area contributed by atoms with E-state index in [0.29, 0.717) is 28.7 Å². The molecule has 0 saturated heterocycles. The van der Waals surface area contributed by atoms with Crippen LogP contribution in [0.25, 0.3) is 11.3 Å². The highest BCUT2D eigenvalue weighted by Crippen LogP contribution is 2.28. The summed E-state index contributed by atoms with van der Waals surface area (Å²) in [6.45, 7) is 0. The van der Waals surface area contributed by atoms with Crippen LogP contribution >= 0.6 is 0 Å². The molecule has 0 fully saturated rings. The lowest BCUT2D eigenvalue weighted by Crippen LogP contribution is -2.06. The molecule has 0 unspecified atom stereocenters. The Balaban J connectivity index is 2.03. The SMILES string of the molecule is O=Cc1nc2cccccc-2c1C(=O)Cc1cccc(F)c1. The minimum atomic E-state index is -0.391. The van der Waals surface area contributed by atoms with Crippen LogP contribution in [0.2, 0.25) is 0 Å². The Labute approximate surface area is 126 Å². The van der Waals surface area contributed by atoms with Crippen molar-refractivity contribution in [3.63, 3.8) is 0 Å². The van der Waals surface area contributed by atoms with Crippen molar-refractivity contribution in [2.45, 2.75) is 6.42 Å². The first-order valence-corrected chi connectivity index (χ1v) is 6.80. The molecule has 1 aromatic carbocycles. The number of benzene rings is 1. The number of halogens is 1. The van der Waals surface area contributed by atoms with Crippen LogP contribution < -0.4 is 0 Å². The van der Waals surface area contributed by atoms with Crippen LogP contribution in [0.5, 0.6) is 0 Å². The monoisotopic (exact) mass is 293 g/mol. The molecule has 4 heteroatoms. The summed E-state index contributed by atoms with van der Waals surface area (Å²) < 4.78 is 13.2. The Morgan fingerprint density at radius 3 is 2.68 bits per heavy atom. The van der Waals surface area contributed by atoms with Gasteiger partial charge < -0.3 is 0 Å². The second-order valence-corrected chi connectivity index (χ2v) is 4.93. The molecule has 1 aliphatic heterocycles. The lowest BCUT2D eigenvalue weighted by atomic mass is 9.99. The van der Waals surface area contributed by atoms with Gasteiger partial charge in [-0.25, -0.2) is 9.37 Å². The number of nitrogens with zero attached hydrogens (tertiary/aromatic N) is 1. The van der Waals surface area contributed by atoms with Gasteiger partial charge in [-0.3, -0.25) is 9.59 Å². The zero-order valence-electron chi connectivity index (χ0n) is 11.6. The van der Waals surface area contributed by atoms with Crippen LogP contribution in [-0.2, 0) is 6.42 Å². The van der Waals surface area contributed by atoms with Crippen molar-refractivity contribution < 1.29 is 14.0 Å². The minimum absolute atomic E-state index is 0.0258. The number of aromatic nitrogens is 1. The minimum Gasteiger partial charge on any atom is -0.296 e. The molecule has 1 aromatic rings. The van der Waals surface area contributed by atoms with Crippen molar-refractivity contribution in [3.05, 3.63) is 77.2 Å². The molecule has 0 spiro atoms. The number of Topliss-reactive ketones (excluding diaryl/α,β-unsaturated/α-hetero) is 1. The summed E-state index contributed by atoms with van der Waals surface area (Å²) in [6.07, 6.45) is 0.608. The van der Waals surface area contributed by atoms with E-state index >= 15 is 0 Å². The van der Waals surface area contributed by atoms with E-state index in [-0.39, 0.29) is 17.9 Å². The quantitative estimate of drug-likeness (QED) is 0.546. The van der Waals surface area contributed by atoms with E-state index in [2.05, 4.69) is 4.98 Å². The molecule has 0 aromatic heterocycles. The number of rotatable bonds is 4. The highest BCUT2D eigenvalue weighted by atomic mass is 19.1. The van der Waals surface area contributed by atoms with E-state index in [9.17, 15) is 14.0 Å². The standard InChI is InChI=1S/C18H12FNO2/c19-13-6-4-5-12(9-13)10-17(22)18-14-7-2-1-3-8-15(14)20-16(18)11-21/h1-9,11H,10H2. The van der Waals surface area contributed by atoms with Gasteiger partial charge in [0.15, 0.2) is 12.1 Å². The zero-order chi connectivity index (χ0) is 15.5. The first-order chi connectivity index (χ1) is 10.7. The number of hydrogen-bond donors (Lipinski definition) is 0. The van der Waals surface area contributed by atoms with Gasteiger partial charge in [-0.05, 0) is 23.8 Å². The summed E-state index contributed by atoms with van der Waals surface area (Å²) in [5.74, 6) is -0.640. The molecule has 0 amide bonds. The first kappa shape index (κ1) is 14.1. The topological polar surface area (TPSA) is 47.0 Å². The van der Waals surface area contributed by atoms with E-state index in [1.165, 1.54) is 12.1 Å².